The lowest BCUT2D eigenvalue weighted by Gasteiger charge is -2.55. The number of rotatable bonds is 1. The summed E-state index contributed by atoms with van der Waals surface area (Å²) >= 11 is 0. The van der Waals surface area contributed by atoms with Crippen molar-refractivity contribution in [2.75, 3.05) is 0 Å². The van der Waals surface area contributed by atoms with Crippen molar-refractivity contribution in [2.24, 2.45) is 34.5 Å². The van der Waals surface area contributed by atoms with Crippen LogP contribution < -0.4 is 0 Å². The predicted molar refractivity (Wildman–Crippen MR) is 91.5 cm³/mol. The fraction of sp³-hybridized carbons (Fsp3) is 0.714. The largest absolute Gasteiger partial charge is 0.508 e. The molecule has 1 heteroatoms. The van der Waals surface area contributed by atoms with Gasteiger partial charge in [-0.1, -0.05) is 39.3 Å². The van der Waals surface area contributed by atoms with Gasteiger partial charge in [0, 0.05) is 0 Å². The second kappa shape index (κ2) is 4.76. The summed E-state index contributed by atoms with van der Waals surface area (Å²) in [6.45, 7) is 7.42. The van der Waals surface area contributed by atoms with Gasteiger partial charge in [-0.05, 0) is 84.3 Å². The van der Waals surface area contributed by atoms with Crippen molar-refractivity contribution < 1.29 is 5.11 Å². The smallest absolute Gasteiger partial charge is 0.111 e. The average molecular weight is 298 g/mol. The first kappa shape index (κ1) is 14.6. The minimum Gasteiger partial charge on any atom is -0.508 e. The van der Waals surface area contributed by atoms with Gasteiger partial charge in [0.15, 0.2) is 0 Å². The highest BCUT2D eigenvalue weighted by Gasteiger charge is 2.57. The Morgan fingerprint density at radius 1 is 1.18 bits per heavy atom. The van der Waals surface area contributed by atoms with E-state index in [4.69, 9.17) is 0 Å². The van der Waals surface area contributed by atoms with Crippen LogP contribution in [0, 0.1) is 34.5 Å². The highest BCUT2D eigenvalue weighted by Crippen LogP contribution is 2.65. The Hall–Kier alpha value is -0.980. The average Bonchev–Trinajstić information content (AvgIpc) is 2.84. The van der Waals surface area contributed by atoms with Crippen LogP contribution in [0.2, 0.25) is 0 Å². The summed E-state index contributed by atoms with van der Waals surface area (Å²) in [5.74, 6) is 3.80. The van der Waals surface area contributed by atoms with E-state index < -0.39 is 0 Å². The molecule has 0 aliphatic heterocycles. The summed E-state index contributed by atoms with van der Waals surface area (Å²) in [5, 5.41) is 9.87. The van der Waals surface area contributed by atoms with Crippen LogP contribution >= 0.6 is 0 Å². The van der Waals surface area contributed by atoms with Crippen LogP contribution in [0.5, 0.6) is 0 Å². The van der Waals surface area contributed by atoms with Crippen molar-refractivity contribution in [1.29, 1.82) is 0 Å². The molecule has 0 bridgehead atoms. The molecule has 0 aromatic rings. The number of aliphatic hydroxyl groups is 1. The number of allylic oxidation sites excluding steroid dienone is 5. The Balaban J connectivity index is 1.71. The van der Waals surface area contributed by atoms with Crippen molar-refractivity contribution >= 4 is 0 Å². The monoisotopic (exact) mass is 298 g/mol. The molecular formula is C21H30O. The second-order valence-electron chi connectivity index (χ2n) is 8.73. The van der Waals surface area contributed by atoms with E-state index in [1.807, 2.05) is 12.2 Å². The fourth-order valence-corrected chi connectivity index (χ4v) is 6.62. The van der Waals surface area contributed by atoms with Gasteiger partial charge in [-0.3, -0.25) is 0 Å². The Morgan fingerprint density at radius 2 is 2.00 bits per heavy atom. The molecule has 120 valence electrons. The molecule has 0 spiro atoms. The molecule has 0 unspecified atom stereocenters. The van der Waals surface area contributed by atoms with Gasteiger partial charge in [0.05, 0.1) is 0 Å². The van der Waals surface area contributed by atoms with E-state index >= 15 is 0 Å². The van der Waals surface area contributed by atoms with Gasteiger partial charge < -0.3 is 5.11 Å². The van der Waals surface area contributed by atoms with Crippen molar-refractivity contribution in [1.82, 2.24) is 0 Å². The SMILES string of the molecule is CC[C@H]1CC[C@H]2[C@@H]3C=CC4=CC(O)=CC[C@]4(C)[C@H]3CC[C@]12C. The van der Waals surface area contributed by atoms with Gasteiger partial charge in [-0.15, -0.1) is 0 Å². The summed E-state index contributed by atoms with van der Waals surface area (Å²) in [7, 11) is 0. The molecule has 0 saturated heterocycles. The lowest BCUT2D eigenvalue weighted by atomic mass is 9.49. The molecule has 4 aliphatic carbocycles. The molecule has 6 atom stereocenters. The zero-order valence-electron chi connectivity index (χ0n) is 14.3. The number of hydrogen-bond acceptors (Lipinski definition) is 1. The van der Waals surface area contributed by atoms with Crippen molar-refractivity contribution in [3.8, 4) is 0 Å². The normalized spacial score (nSPS) is 49.8. The molecular weight excluding hydrogens is 268 g/mol. The van der Waals surface area contributed by atoms with E-state index in [9.17, 15) is 5.11 Å². The molecule has 4 aliphatic rings. The molecule has 0 aromatic heterocycles. The van der Waals surface area contributed by atoms with Crippen LogP contribution in [0.25, 0.3) is 0 Å². The standard InChI is InChI=1S/C21H30O/c1-4-14-6-8-18-17-7-5-15-13-16(22)9-11-21(15,3)19(17)10-12-20(14,18)2/h5,7,9,13-14,17-19,22H,4,6,8,10-12H2,1-3H3/t14-,17-,18-,19-,20+,21-/m0/s1. The van der Waals surface area contributed by atoms with E-state index in [-0.39, 0.29) is 5.41 Å². The van der Waals surface area contributed by atoms with Crippen molar-refractivity contribution in [2.45, 2.75) is 59.3 Å². The molecule has 1 N–H and O–H groups in total. The summed E-state index contributed by atoms with van der Waals surface area (Å²) in [5.41, 5.74) is 2.18. The van der Waals surface area contributed by atoms with Crippen molar-refractivity contribution in [3.05, 3.63) is 35.6 Å². The van der Waals surface area contributed by atoms with E-state index in [0.29, 0.717) is 11.2 Å². The first-order chi connectivity index (χ1) is 10.5. The number of fused-ring (bicyclic) bond motifs is 5. The third-order valence-corrected chi connectivity index (χ3v) is 8.04. The Labute approximate surface area is 135 Å². The van der Waals surface area contributed by atoms with E-state index in [1.54, 1.807) is 0 Å². The van der Waals surface area contributed by atoms with Gasteiger partial charge in [0.25, 0.3) is 0 Å². The highest BCUT2D eigenvalue weighted by atomic mass is 16.3. The van der Waals surface area contributed by atoms with Crippen LogP contribution in [0.4, 0.5) is 0 Å². The zero-order valence-corrected chi connectivity index (χ0v) is 14.3. The molecule has 22 heavy (non-hydrogen) atoms. The Morgan fingerprint density at radius 3 is 2.77 bits per heavy atom. The van der Waals surface area contributed by atoms with Crippen LogP contribution in [-0.2, 0) is 0 Å². The maximum atomic E-state index is 9.87. The van der Waals surface area contributed by atoms with E-state index in [0.717, 1.165) is 30.1 Å². The minimum atomic E-state index is 0.247. The lowest BCUT2D eigenvalue weighted by molar-refractivity contribution is -0.0110. The maximum absolute atomic E-state index is 9.87. The molecule has 4 rings (SSSR count). The van der Waals surface area contributed by atoms with Gasteiger partial charge >= 0.3 is 0 Å². The molecule has 2 saturated carbocycles. The summed E-state index contributed by atoms with van der Waals surface area (Å²) in [4.78, 5) is 0. The van der Waals surface area contributed by atoms with Crippen molar-refractivity contribution in [3.63, 3.8) is 0 Å². The first-order valence-corrected chi connectivity index (χ1v) is 9.28. The second-order valence-corrected chi connectivity index (χ2v) is 8.73. The third kappa shape index (κ3) is 1.77. The lowest BCUT2D eigenvalue weighted by Crippen LogP contribution is -2.48. The van der Waals surface area contributed by atoms with Gasteiger partial charge in [0.1, 0.15) is 5.76 Å². The Kier molecular flexibility index (Phi) is 3.16. The molecule has 0 heterocycles. The molecule has 2 fully saturated rings. The zero-order chi connectivity index (χ0) is 15.5. The predicted octanol–water partition coefficient (Wildman–Crippen LogP) is 5.80. The van der Waals surface area contributed by atoms with E-state index in [1.165, 1.54) is 37.7 Å². The summed E-state index contributed by atoms with van der Waals surface area (Å²) in [6.07, 6.45) is 16.9. The summed E-state index contributed by atoms with van der Waals surface area (Å²) in [6, 6.07) is 0. The van der Waals surface area contributed by atoms with Gasteiger partial charge in [-0.2, -0.15) is 0 Å². The minimum absolute atomic E-state index is 0.247. The summed E-state index contributed by atoms with van der Waals surface area (Å²) < 4.78 is 0. The van der Waals surface area contributed by atoms with Crippen LogP contribution in [0.1, 0.15) is 59.3 Å². The highest BCUT2D eigenvalue weighted by molar-refractivity contribution is 5.41. The molecule has 0 aromatic carbocycles. The molecule has 0 amide bonds. The van der Waals surface area contributed by atoms with Crippen LogP contribution in [0.3, 0.4) is 0 Å². The third-order valence-electron chi connectivity index (χ3n) is 8.04. The van der Waals surface area contributed by atoms with E-state index in [2.05, 4.69) is 32.9 Å². The Bertz CT molecular complexity index is 568. The quantitative estimate of drug-likeness (QED) is 0.648. The molecule has 0 radical (unpaired) electrons. The molecule has 1 nitrogen and oxygen atoms in total. The topological polar surface area (TPSA) is 20.2 Å². The van der Waals surface area contributed by atoms with Crippen LogP contribution in [-0.4, -0.2) is 5.11 Å². The number of hydrogen-bond donors (Lipinski definition) is 1. The maximum Gasteiger partial charge on any atom is 0.111 e. The first-order valence-electron chi connectivity index (χ1n) is 9.28. The van der Waals surface area contributed by atoms with Gasteiger partial charge in [-0.25, -0.2) is 0 Å². The van der Waals surface area contributed by atoms with Crippen LogP contribution in [0.15, 0.2) is 35.6 Å². The van der Waals surface area contributed by atoms with Gasteiger partial charge in [0.2, 0.25) is 0 Å². The number of aliphatic hydroxyl groups excluding tert-OH is 1. The fourth-order valence-electron chi connectivity index (χ4n) is 6.62.